The minimum atomic E-state index is -0.884. The molecule has 0 unspecified atom stereocenters. The number of nitrogens with one attached hydrogen (secondary N) is 1. The van der Waals surface area contributed by atoms with Gasteiger partial charge in [-0.1, -0.05) is 60.7 Å². The molecular weight excluding hydrogens is 418 g/mol. The van der Waals surface area contributed by atoms with Crippen LogP contribution >= 0.6 is 0 Å². The molecule has 0 bridgehead atoms. The quantitative estimate of drug-likeness (QED) is 0.393. The molecule has 168 valence electrons. The number of aliphatic imine (C=N–C) groups is 1. The van der Waals surface area contributed by atoms with E-state index in [2.05, 4.69) is 5.10 Å². The molecular formula is C26H25N3O4. The maximum Gasteiger partial charge on any atom is 0.307 e. The van der Waals surface area contributed by atoms with E-state index in [-0.39, 0.29) is 12.0 Å². The Morgan fingerprint density at radius 2 is 1.48 bits per heavy atom. The van der Waals surface area contributed by atoms with Crippen molar-refractivity contribution in [3.63, 3.8) is 0 Å². The average molecular weight is 444 g/mol. The molecule has 0 saturated heterocycles. The molecule has 0 aliphatic carbocycles. The zero-order valence-electron chi connectivity index (χ0n) is 18.4. The van der Waals surface area contributed by atoms with E-state index in [0.717, 1.165) is 18.4 Å². The van der Waals surface area contributed by atoms with Crippen LogP contribution in [0.5, 0.6) is 0 Å². The number of H-pyrrole nitrogens is 1. The molecule has 7 nitrogen and oxygen atoms in total. The Balaban J connectivity index is 0.00000149. The van der Waals surface area contributed by atoms with Crippen LogP contribution in [0.2, 0.25) is 0 Å². The van der Waals surface area contributed by atoms with E-state index >= 15 is 0 Å². The molecule has 0 aliphatic rings. The molecule has 1 aromatic heterocycles. The number of carboxylic acid groups (broad SMARTS) is 1. The number of benzene rings is 3. The third-order valence-electron chi connectivity index (χ3n) is 4.90. The maximum absolute atomic E-state index is 13.4. The van der Waals surface area contributed by atoms with Gasteiger partial charge in [-0.05, 0) is 36.8 Å². The van der Waals surface area contributed by atoms with Crippen LogP contribution in [0, 0.1) is 6.92 Å². The highest BCUT2D eigenvalue weighted by Gasteiger charge is 2.19. The molecule has 4 aromatic rings. The van der Waals surface area contributed by atoms with Gasteiger partial charge < -0.3 is 10.2 Å². The van der Waals surface area contributed by atoms with Crippen LogP contribution in [-0.2, 0) is 11.2 Å². The van der Waals surface area contributed by atoms with E-state index in [9.17, 15) is 9.59 Å². The van der Waals surface area contributed by atoms with E-state index < -0.39 is 5.97 Å². The highest BCUT2D eigenvalue weighted by Crippen LogP contribution is 2.20. The lowest BCUT2D eigenvalue weighted by molar-refractivity contribution is -0.136. The minimum absolute atomic E-state index is 0.0474. The van der Waals surface area contributed by atoms with Gasteiger partial charge in [0.15, 0.2) is 0 Å². The first-order valence-corrected chi connectivity index (χ1v) is 10.3. The Labute approximate surface area is 191 Å². The fourth-order valence-corrected chi connectivity index (χ4v) is 3.44. The number of aryl methyl sites for hydroxylation is 1. The molecule has 0 spiro atoms. The van der Waals surface area contributed by atoms with Crippen molar-refractivity contribution in [1.29, 1.82) is 0 Å². The number of hydrogen-bond donors (Lipinski definition) is 3. The summed E-state index contributed by atoms with van der Waals surface area (Å²) in [5.74, 6) is -0.884. The number of aliphatic carboxylic acids is 1. The number of para-hydroxylation sites is 1. The second-order valence-electron chi connectivity index (χ2n) is 7.15. The highest BCUT2D eigenvalue weighted by molar-refractivity contribution is 6.14. The van der Waals surface area contributed by atoms with Crippen LogP contribution in [-0.4, -0.2) is 38.8 Å². The summed E-state index contributed by atoms with van der Waals surface area (Å²) in [7, 11) is 1.00. The zero-order valence-corrected chi connectivity index (χ0v) is 18.4. The van der Waals surface area contributed by atoms with Crippen molar-refractivity contribution in [3.05, 3.63) is 118 Å². The van der Waals surface area contributed by atoms with Gasteiger partial charge in [0.25, 0.3) is 5.56 Å². The first-order chi connectivity index (χ1) is 16.0. The molecule has 0 saturated carbocycles. The Morgan fingerprint density at radius 3 is 2.06 bits per heavy atom. The summed E-state index contributed by atoms with van der Waals surface area (Å²) in [5, 5.41) is 19.1. The topological polar surface area (TPSA) is 108 Å². The summed E-state index contributed by atoms with van der Waals surface area (Å²) >= 11 is 0. The number of aromatic nitrogens is 2. The molecule has 0 atom stereocenters. The number of rotatable bonds is 6. The molecule has 0 radical (unpaired) electrons. The van der Waals surface area contributed by atoms with Gasteiger partial charge in [-0.25, -0.2) is 9.67 Å². The smallest absolute Gasteiger partial charge is 0.307 e. The fourth-order valence-electron chi connectivity index (χ4n) is 3.44. The Bertz CT molecular complexity index is 1290. The van der Waals surface area contributed by atoms with Gasteiger partial charge in [0.2, 0.25) is 0 Å². The third-order valence-corrected chi connectivity index (χ3v) is 4.90. The zero-order chi connectivity index (χ0) is 23.8. The van der Waals surface area contributed by atoms with Gasteiger partial charge in [-0.3, -0.25) is 14.7 Å². The lowest BCUT2D eigenvalue weighted by atomic mass is 10.0. The number of aliphatic hydroxyl groups excluding tert-OH is 1. The van der Waals surface area contributed by atoms with Gasteiger partial charge in [0, 0.05) is 18.4 Å². The largest absolute Gasteiger partial charge is 0.481 e. The van der Waals surface area contributed by atoms with Crippen LogP contribution in [0.25, 0.3) is 5.69 Å². The summed E-state index contributed by atoms with van der Waals surface area (Å²) in [5.41, 5.74) is 4.46. The van der Waals surface area contributed by atoms with Crippen molar-refractivity contribution in [2.45, 2.75) is 13.3 Å². The molecule has 0 fully saturated rings. The number of carbonyl (C=O) groups is 1. The molecule has 3 N–H and O–H groups in total. The van der Waals surface area contributed by atoms with Gasteiger partial charge in [0.1, 0.15) is 0 Å². The summed E-state index contributed by atoms with van der Waals surface area (Å²) in [6, 6.07) is 25.9. The maximum atomic E-state index is 13.4. The first kappa shape index (κ1) is 23.4. The van der Waals surface area contributed by atoms with Crippen LogP contribution in [0.3, 0.4) is 0 Å². The Morgan fingerprint density at radius 1 is 0.909 bits per heavy atom. The fraction of sp³-hybridized carbons (Fsp3) is 0.115. The molecule has 1 heterocycles. The standard InChI is InChI=1S/C25H21N3O3.CH4O/c1-17-23(25(31)28(27-17)21-10-6-3-7-11-21)24(19-8-4-2-5-9-19)26-20-14-12-18(13-15-20)16-22(29)30;1-2/h2-15,27H,16H2,1H3,(H,29,30);2H,1H3. The number of aliphatic hydroxyl groups is 1. The van der Waals surface area contributed by atoms with Gasteiger partial charge in [0.05, 0.1) is 29.1 Å². The van der Waals surface area contributed by atoms with Crippen molar-refractivity contribution in [1.82, 2.24) is 9.78 Å². The van der Waals surface area contributed by atoms with Crippen LogP contribution in [0.1, 0.15) is 22.4 Å². The van der Waals surface area contributed by atoms with Crippen molar-refractivity contribution in [3.8, 4) is 5.69 Å². The Kier molecular flexibility index (Phi) is 7.73. The number of carboxylic acids is 1. The summed E-state index contributed by atoms with van der Waals surface area (Å²) in [4.78, 5) is 29.1. The Hall–Kier alpha value is -4.23. The van der Waals surface area contributed by atoms with Crippen molar-refractivity contribution in [2.75, 3.05) is 7.11 Å². The summed E-state index contributed by atoms with van der Waals surface area (Å²) in [6.45, 7) is 1.85. The van der Waals surface area contributed by atoms with Crippen LogP contribution in [0.4, 0.5) is 5.69 Å². The predicted octanol–water partition coefficient (Wildman–Crippen LogP) is 3.88. The van der Waals surface area contributed by atoms with Crippen molar-refractivity contribution < 1.29 is 15.0 Å². The lowest BCUT2D eigenvalue weighted by Crippen LogP contribution is -2.21. The van der Waals surface area contributed by atoms with Crippen LogP contribution < -0.4 is 5.56 Å². The molecule has 33 heavy (non-hydrogen) atoms. The molecule has 0 aliphatic heterocycles. The lowest BCUT2D eigenvalue weighted by Gasteiger charge is -2.06. The minimum Gasteiger partial charge on any atom is -0.481 e. The van der Waals surface area contributed by atoms with Gasteiger partial charge in [-0.15, -0.1) is 0 Å². The van der Waals surface area contributed by atoms with E-state index in [1.54, 1.807) is 24.3 Å². The monoisotopic (exact) mass is 443 g/mol. The third kappa shape index (κ3) is 5.53. The van der Waals surface area contributed by atoms with Gasteiger partial charge >= 0.3 is 5.97 Å². The number of hydrogen-bond acceptors (Lipinski definition) is 4. The molecule has 4 rings (SSSR count). The molecule has 3 aromatic carbocycles. The molecule has 0 amide bonds. The van der Waals surface area contributed by atoms with Crippen LogP contribution in [0.15, 0.2) is 94.7 Å². The van der Waals surface area contributed by atoms with E-state index in [4.69, 9.17) is 15.2 Å². The molecule has 7 heteroatoms. The predicted molar refractivity (Wildman–Crippen MR) is 129 cm³/mol. The van der Waals surface area contributed by atoms with E-state index in [1.807, 2.05) is 67.6 Å². The van der Waals surface area contributed by atoms with E-state index in [1.165, 1.54) is 4.68 Å². The van der Waals surface area contributed by atoms with Crippen molar-refractivity contribution >= 4 is 17.4 Å². The summed E-state index contributed by atoms with van der Waals surface area (Å²) in [6.07, 6.45) is -0.0474. The highest BCUT2D eigenvalue weighted by atomic mass is 16.4. The number of nitrogens with zero attached hydrogens (tertiary/aromatic N) is 2. The first-order valence-electron chi connectivity index (χ1n) is 10.3. The average Bonchev–Trinajstić information content (AvgIpc) is 3.14. The van der Waals surface area contributed by atoms with Gasteiger partial charge in [-0.2, -0.15) is 0 Å². The second kappa shape index (κ2) is 10.9. The number of aromatic amines is 1. The second-order valence-corrected chi connectivity index (χ2v) is 7.15. The summed E-state index contributed by atoms with van der Waals surface area (Å²) < 4.78 is 1.51. The van der Waals surface area contributed by atoms with Crippen molar-refractivity contribution in [2.24, 2.45) is 4.99 Å². The normalized spacial score (nSPS) is 10.9. The van der Waals surface area contributed by atoms with E-state index in [0.29, 0.717) is 28.2 Å². The SMILES string of the molecule is CO.Cc1[nH]n(-c2ccccc2)c(=O)c1C(=Nc1ccc(CC(=O)O)cc1)c1ccccc1.